The first-order chi connectivity index (χ1) is 11.6. The zero-order valence-electron chi connectivity index (χ0n) is 13.6. The largest absolute Gasteiger partial charge is 0.493 e. The number of carbonyl (C=O) groups is 1. The Balaban J connectivity index is 1.60. The van der Waals surface area contributed by atoms with Crippen molar-refractivity contribution in [2.24, 2.45) is 0 Å². The molecule has 0 fully saturated rings. The molecule has 0 spiro atoms. The average molecular weight is 367 g/mol. The number of rotatable bonds is 4. The van der Waals surface area contributed by atoms with E-state index in [1.54, 1.807) is 25.6 Å². The van der Waals surface area contributed by atoms with E-state index in [1.165, 1.54) is 4.88 Å². The topological polar surface area (TPSA) is 50.8 Å². The summed E-state index contributed by atoms with van der Waals surface area (Å²) in [6.45, 7) is 1.75. The number of benzene rings is 1. The Morgan fingerprint density at radius 3 is 2.83 bits per heavy atom. The molecule has 2 amide bonds. The first-order valence-electron chi connectivity index (χ1n) is 7.61. The van der Waals surface area contributed by atoms with Crippen LogP contribution in [0.4, 0.5) is 4.79 Å². The number of nitrogens with zero attached hydrogens (tertiary/aromatic N) is 1. The number of amides is 2. The van der Waals surface area contributed by atoms with E-state index < -0.39 is 0 Å². The van der Waals surface area contributed by atoms with Gasteiger partial charge in [-0.1, -0.05) is 17.7 Å². The smallest absolute Gasteiger partial charge is 0.317 e. The summed E-state index contributed by atoms with van der Waals surface area (Å²) in [6, 6.07) is 7.49. The summed E-state index contributed by atoms with van der Waals surface area (Å²) in [5.74, 6) is 1.32. The Hall–Kier alpha value is -1.92. The van der Waals surface area contributed by atoms with Gasteiger partial charge in [-0.15, -0.1) is 11.3 Å². The summed E-state index contributed by atoms with van der Waals surface area (Å²) in [7, 11) is 3.19. The van der Waals surface area contributed by atoms with Crippen LogP contribution < -0.4 is 14.8 Å². The van der Waals surface area contributed by atoms with Crippen LogP contribution in [0.3, 0.4) is 0 Å². The Morgan fingerprint density at radius 2 is 2.08 bits per heavy atom. The zero-order chi connectivity index (χ0) is 17.1. The summed E-state index contributed by atoms with van der Waals surface area (Å²) >= 11 is 7.65. The number of thiophene rings is 1. The van der Waals surface area contributed by atoms with Gasteiger partial charge in [0.1, 0.15) is 0 Å². The molecule has 24 heavy (non-hydrogen) atoms. The maximum atomic E-state index is 12.4. The molecule has 0 bridgehead atoms. The van der Waals surface area contributed by atoms with Crippen molar-refractivity contribution >= 4 is 29.0 Å². The fourth-order valence-electron chi connectivity index (χ4n) is 2.75. The monoisotopic (exact) mass is 366 g/mol. The van der Waals surface area contributed by atoms with Crippen molar-refractivity contribution in [2.45, 2.75) is 19.5 Å². The van der Waals surface area contributed by atoms with Crippen molar-refractivity contribution < 1.29 is 14.3 Å². The number of urea groups is 1. The molecule has 5 nitrogen and oxygen atoms in total. The van der Waals surface area contributed by atoms with Crippen LogP contribution in [0.2, 0.25) is 4.34 Å². The molecule has 1 aromatic carbocycles. The lowest BCUT2D eigenvalue weighted by Gasteiger charge is -2.27. The van der Waals surface area contributed by atoms with Crippen LogP contribution in [0.15, 0.2) is 24.3 Å². The molecule has 128 valence electrons. The van der Waals surface area contributed by atoms with Crippen molar-refractivity contribution in [3.63, 3.8) is 0 Å². The Kier molecular flexibility index (Phi) is 5.16. The van der Waals surface area contributed by atoms with Gasteiger partial charge in [0.2, 0.25) is 0 Å². The molecule has 1 aliphatic rings. The third-order valence-electron chi connectivity index (χ3n) is 4.02. The van der Waals surface area contributed by atoms with E-state index in [-0.39, 0.29) is 6.03 Å². The zero-order valence-corrected chi connectivity index (χ0v) is 15.2. The summed E-state index contributed by atoms with van der Waals surface area (Å²) in [5.41, 5.74) is 2.11. The van der Waals surface area contributed by atoms with E-state index >= 15 is 0 Å². The van der Waals surface area contributed by atoms with Crippen LogP contribution in [0.25, 0.3) is 0 Å². The second kappa shape index (κ2) is 7.32. The highest BCUT2D eigenvalue weighted by Crippen LogP contribution is 2.31. The van der Waals surface area contributed by atoms with Crippen LogP contribution in [-0.4, -0.2) is 31.7 Å². The fourth-order valence-corrected chi connectivity index (χ4v) is 4.05. The Bertz CT molecular complexity index is 747. The van der Waals surface area contributed by atoms with Gasteiger partial charge in [0, 0.05) is 24.5 Å². The van der Waals surface area contributed by atoms with E-state index in [0.717, 1.165) is 21.9 Å². The van der Waals surface area contributed by atoms with Gasteiger partial charge in [0.05, 0.1) is 18.6 Å². The molecule has 3 rings (SSSR count). The Labute approximate surface area is 150 Å². The van der Waals surface area contributed by atoms with Crippen molar-refractivity contribution in [3.05, 3.63) is 44.6 Å². The lowest BCUT2D eigenvalue weighted by atomic mass is 10.1. The van der Waals surface area contributed by atoms with Gasteiger partial charge in [-0.05, 0) is 35.7 Å². The molecule has 0 unspecified atom stereocenters. The van der Waals surface area contributed by atoms with Crippen molar-refractivity contribution in [1.82, 2.24) is 10.2 Å². The van der Waals surface area contributed by atoms with Gasteiger partial charge in [-0.2, -0.15) is 0 Å². The minimum Gasteiger partial charge on any atom is -0.493 e. The van der Waals surface area contributed by atoms with Crippen LogP contribution in [-0.2, 0) is 19.5 Å². The van der Waals surface area contributed by atoms with Gasteiger partial charge in [0.15, 0.2) is 11.5 Å². The number of carbonyl (C=O) groups excluding carboxylic acids is 1. The molecule has 2 aromatic rings. The summed E-state index contributed by atoms with van der Waals surface area (Å²) in [6.07, 6.45) is 0.858. The van der Waals surface area contributed by atoms with E-state index in [0.29, 0.717) is 31.1 Å². The first-order valence-corrected chi connectivity index (χ1v) is 8.81. The van der Waals surface area contributed by atoms with Crippen molar-refractivity contribution in [1.29, 1.82) is 0 Å². The van der Waals surface area contributed by atoms with E-state index in [4.69, 9.17) is 21.1 Å². The van der Waals surface area contributed by atoms with Crippen LogP contribution in [0.1, 0.15) is 16.0 Å². The van der Waals surface area contributed by atoms with Gasteiger partial charge in [-0.3, -0.25) is 0 Å². The Morgan fingerprint density at radius 1 is 1.29 bits per heavy atom. The highest BCUT2D eigenvalue weighted by atomic mass is 35.5. The molecule has 0 saturated carbocycles. The van der Waals surface area contributed by atoms with Crippen molar-refractivity contribution in [2.75, 3.05) is 20.8 Å². The SMILES string of the molecule is COc1ccc(CNC(=O)N2CCc3sc(Cl)cc3C2)cc1OC. The van der Waals surface area contributed by atoms with E-state index in [1.807, 2.05) is 29.2 Å². The number of halogens is 1. The van der Waals surface area contributed by atoms with Crippen LogP contribution in [0.5, 0.6) is 11.5 Å². The second-order valence-electron chi connectivity index (χ2n) is 5.52. The number of methoxy groups -OCH3 is 2. The molecule has 0 atom stereocenters. The highest BCUT2D eigenvalue weighted by Gasteiger charge is 2.22. The molecule has 2 heterocycles. The predicted octanol–water partition coefficient (Wildman–Crippen LogP) is 3.69. The highest BCUT2D eigenvalue weighted by molar-refractivity contribution is 7.16. The molecule has 0 saturated heterocycles. The molecule has 1 N–H and O–H groups in total. The third-order valence-corrected chi connectivity index (χ3v) is 5.38. The fraction of sp³-hybridized carbons (Fsp3) is 0.353. The first kappa shape index (κ1) is 16.9. The third kappa shape index (κ3) is 3.60. The number of hydrogen-bond donors (Lipinski definition) is 1. The van der Waals surface area contributed by atoms with Crippen molar-refractivity contribution in [3.8, 4) is 11.5 Å². The van der Waals surface area contributed by atoms with Gasteiger partial charge >= 0.3 is 6.03 Å². The molecule has 1 aliphatic heterocycles. The summed E-state index contributed by atoms with van der Waals surface area (Å²) in [4.78, 5) is 15.5. The second-order valence-corrected chi connectivity index (χ2v) is 7.29. The minimum absolute atomic E-state index is 0.0715. The number of hydrogen-bond acceptors (Lipinski definition) is 4. The average Bonchev–Trinajstić information content (AvgIpc) is 2.98. The van der Waals surface area contributed by atoms with Crippen LogP contribution >= 0.6 is 22.9 Å². The minimum atomic E-state index is -0.0715. The number of nitrogens with one attached hydrogen (secondary N) is 1. The molecule has 0 radical (unpaired) electrons. The van der Waals surface area contributed by atoms with Gasteiger partial charge in [0.25, 0.3) is 0 Å². The summed E-state index contributed by atoms with van der Waals surface area (Å²) < 4.78 is 11.3. The molecule has 0 aliphatic carbocycles. The predicted molar refractivity (Wildman–Crippen MR) is 95.2 cm³/mol. The van der Waals surface area contributed by atoms with E-state index in [2.05, 4.69) is 5.32 Å². The van der Waals surface area contributed by atoms with Gasteiger partial charge in [-0.25, -0.2) is 4.79 Å². The summed E-state index contributed by atoms with van der Waals surface area (Å²) in [5, 5.41) is 2.96. The molecule has 7 heteroatoms. The van der Waals surface area contributed by atoms with E-state index in [9.17, 15) is 4.79 Å². The van der Waals surface area contributed by atoms with Crippen LogP contribution in [0, 0.1) is 0 Å². The lowest BCUT2D eigenvalue weighted by Crippen LogP contribution is -2.42. The molecular weight excluding hydrogens is 348 g/mol. The number of ether oxygens (including phenoxy) is 2. The maximum absolute atomic E-state index is 12.4. The number of fused-ring (bicyclic) bond motifs is 1. The normalized spacial score (nSPS) is 13.4. The quantitative estimate of drug-likeness (QED) is 0.897. The standard InChI is InChI=1S/C17H19ClN2O3S/c1-22-13-4-3-11(7-14(13)23-2)9-19-17(21)20-6-5-15-12(10-20)8-16(18)24-15/h3-4,7-8H,5-6,9-10H2,1-2H3,(H,19,21). The molecular formula is C17H19ClN2O3S. The van der Waals surface area contributed by atoms with Gasteiger partial charge < -0.3 is 19.7 Å². The maximum Gasteiger partial charge on any atom is 0.317 e. The molecule has 1 aromatic heterocycles. The lowest BCUT2D eigenvalue weighted by molar-refractivity contribution is 0.192.